The quantitative estimate of drug-likeness (QED) is 0.622. The Kier molecular flexibility index (Phi) is 3.83. The summed E-state index contributed by atoms with van der Waals surface area (Å²) in [6.07, 6.45) is -1.01. The molecule has 0 rings (SSSR count). The highest BCUT2D eigenvalue weighted by Gasteiger charge is 2.47. The molecule has 0 fully saturated rings. The normalized spacial score (nSPS) is 14.6. The Hall–Kier alpha value is -1.14. The lowest BCUT2D eigenvalue weighted by molar-refractivity contribution is -0.166. The number of carbonyl (C=O) groups is 3. The Labute approximate surface area is 78.2 Å². The molecule has 6 nitrogen and oxygen atoms in total. The number of rotatable bonds is 5. The molecular weight excluding hydrogens is 204 g/mol. The van der Waals surface area contributed by atoms with E-state index in [-0.39, 0.29) is 0 Å². The number of aliphatic carboxylic acids is 2. The summed E-state index contributed by atoms with van der Waals surface area (Å²) in [6.45, 7) is 0.888. The zero-order valence-corrected chi connectivity index (χ0v) is 7.37. The fourth-order valence-corrected chi connectivity index (χ4v) is 0.907. The summed E-state index contributed by atoms with van der Waals surface area (Å²) in [5, 5.41) is 16.9. The van der Waals surface area contributed by atoms with Crippen LogP contribution >= 0.6 is 11.9 Å². The maximum absolute atomic E-state index is 10.8. The molecule has 74 valence electrons. The van der Waals surface area contributed by atoms with Gasteiger partial charge in [-0.1, -0.05) is 0 Å². The largest absolute Gasteiger partial charge is 0.481 e. The molecule has 0 heterocycles. The van der Waals surface area contributed by atoms with Gasteiger partial charge in [-0.3, -0.25) is 13.9 Å². The van der Waals surface area contributed by atoms with Crippen molar-refractivity contribution in [3.63, 3.8) is 0 Å². The summed E-state index contributed by atoms with van der Waals surface area (Å²) in [7, 11) is 0. The van der Waals surface area contributed by atoms with Crippen molar-refractivity contribution in [2.75, 3.05) is 0 Å². The summed E-state index contributed by atoms with van der Waals surface area (Å²) in [5.74, 6) is -4.19. The number of hydrogen-bond acceptors (Lipinski definition) is 4. The first-order chi connectivity index (χ1) is 5.86. The van der Waals surface area contributed by atoms with Gasteiger partial charge < -0.3 is 10.2 Å². The number of hydrogen-bond donors (Lipinski definition) is 2. The minimum absolute atomic E-state index is 0.888. The van der Waals surface area contributed by atoms with E-state index in [1.807, 2.05) is 0 Å². The van der Waals surface area contributed by atoms with E-state index in [1.165, 1.54) is 0 Å². The van der Waals surface area contributed by atoms with Crippen LogP contribution in [0.2, 0.25) is 0 Å². The second-order valence-corrected chi connectivity index (χ2v) is 2.49. The number of carboxylic acids is 2. The fraction of sp³-hybridized carbons (Fsp3) is 0.500. The summed E-state index contributed by atoms with van der Waals surface area (Å²) in [4.78, 5) is 31.6. The topological polar surface area (TPSA) is 101 Å². The second-order valence-electron chi connectivity index (χ2n) is 2.34. The van der Waals surface area contributed by atoms with E-state index in [0.29, 0.717) is 0 Å². The van der Waals surface area contributed by atoms with Crippen LogP contribution < -0.4 is 0 Å². The highest BCUT2D eigenvalue weighted by molar-refractivity contribution is 6.15. The minimum Gasteiger partial charge on any atom is -0.481 e. The van der Waals surface area contributed by atoms with Gasteiger partial charge >= 0.3 is 11.9 Å². The second kappa shape index (κ2) is 4.20. The third-order valence-electron chi connectivity index (χ3n) is 1.45. The molecule has 2 N–H and O–H groups in total. The summed E-state index contributed by atoms with van der Waals surface area (Å²) in [6, 6.07) is 0. The van der Waals surface area contributed by atoms with E-state index < -0.39 is 29.7 Å². The maximum Gasteiger partial charge on any atom is 0.346 e. The van der Waals surface area contributed by atoms with Gasteiger partial charge in [0.1, 0.15) is 0 Å². The molecule has 0 aromatic carbocycles. The Morgan fingerprint density at radius 3 is 1.92 bits per heavy atom. The van der Waals surface area contributed by atoms with E-state index in [1.54, 1.807) is 0 Å². The van der Waals surface area contributed by atoms with Gasteiger partial charge in [-0.2, -0.15) is 0 Å². The number of carboxylic acid groups (broad SMARTS) is 2. The van der Waals surface area contributed by atoms with Gasteiger partial charge in [-0.05, 0) is 6.92 Å². The van der Waals surface area contributed by atoms with Crippen LogP contribution in [0.4, 0.5) is 0 Å². The van der Waals surface area contributed by atoms with Crippen molar-refractivity contribution in [2.24, 2.45) is 0 Å². The smallest absolute Gasteiger partial charge is 0.346 e. The molecule has 0 aliphatic rings. The standard InChI is InChI=1S/C6H7ClO6/c1-3(8)6(13-7,5(11)12)2-4(9)10/h2H2,1H3,(H,9,10)(H,11,12). The zero-order chi connectivity index (χ0) is 10.6. The van der Waals surface area contributed by atoms with Crippen molar-refractivity contribution in [1.29, 1.82) is 0 Å². The maximum atomic E-state index is 10.8. The highest BCUT2D eigenvalue weighted by atomic mass is 35.5. The molecule has 1 atom stereocenters. The number of carbonyl (C=O) groups excluding carboxylic acids is 1. The molecule has 0 bridgehead atoms. The monoisotopic (exact) mass is 210 g/mol. The predicted octanol–water partition coefficient (Wildman–Crippen LogP) is 0.0439. The van der Waals surface area contributed by atoms with Crippen LogP contribution in [0.3, 0.4) is 0 Å². The Morgan fingerprint density at radius 1 is 1.38 bits per heavy atom. The molecule has 0 saturated carbocycles. The average molecular weight is 211 g/mol. The Bertz CT molecular complexity index is 234. The average Bonchev–Trinajstić information content (AvgIpc) is 1.98. The summed E-state index contributed by atoms with van der Waals surface area (Å²) in [5.41, 5.74) is -2.49. The van der Waals surface area contributed by atoms with Gasteiger partial charge in [0.2, 0.25) is 0 Å². The third-order valence-corrected chi connectivity index (χ3v) is 1.71. The van der Waals surface area contributed by atoms with Crippen LogP contribution in [-0.4, -0.2) is 33.5 Å². The minimum atomic E-state index is -2.49. The molecule has 0 aromatic heterocycles. The molecular formula is C6H7ClO6. The number of halogens is 1. The lowest BCUT2D eigenvalue weighted by Gasteiger charge is -2.20. The molecule has 0 aliphatic carbocycles. The van der Waals surface area contributed by atoms with Crippen molar-refractivity contribution in [3.8, 4) is 0 Å². The third kappa shape index (κ3) is 2.40. The molecule has 0 aliphatic heterocycles. The van der Waals surface area contributed by atoms with Gasteiger partial charge in [-0.15, -0.1) is 0 Å². The van der Waals surface area contributed by atoms with Crippen molar-refractivity contribution < 1.29 is 28.9 Å². The van der Waals surface area contributed by atoms with Crippen LogP contribution in [-0.2, 0) is 18.7 Å². The van der Waals surface area contributed by atoms with E-state index in [0.717, 1.165) is 6.92 Å². The van der Waals surface area contributed by atoms with Crippen molar-refractivity contribution in [2.45, 2.75) is 18.9 Å². The summed E-state index contributed by atoms with van der Waals surface area (Å²) >= 11 is 4.79. The van der Waals surface area contributed by atoms with Crippen molar-refractivity contribution in [1.82, 2.24) is 0 Å². The van der Waals surface area contributed by atoms with Crippen LogP contribution in [0.15, 0.2) is 0 Å². The zero-order valence-electron chi connectivity index (χ0n) is 6.61. The first kappa shape index (κ1) is 11.9. The molecule has 0 spiro atoms. The first-order valence-corrected chi connectivity index (χ1v) is 3.43. The van der Waals surface area contributed by atoms with Crippen LogP contribution in [0.5, 0.6) is 0 Å². The van der Waals surface area contributed by atoms with Crippen molar-refractivity contribution in [3.05, 3.63) is 0 Å². The molecule has 0 radical (unpaired) electrons. The number of ketones is 1. The molecule has 0 aromatic rings. The van der Waals surface area contributed by atoms with E-state index in [4.69, 9.17) is 22.1 Å². The first-order valence-electron chi connectivity index (χ1n) is 3.13. The van der Waals surface area contributed by atoms with Crippen molar-refractivity contribution >= 4 is 29.6 Å². The lowest BCUT2D eigenvalue weighted by atomic mass is 9.96. The molecule has 0 amide bonds. The Morgan fingerprint density at radius 2 is 1.85 bits per heavy atom. The lowest BCUT2D eigenvalue weighted by Crippen LogP contribution is -2.47. The molecule has 1 unspecified atom stereocenters. The van der Waals surface area contributed by atoms with Gasteiger partial charge in [0.25, 0.3) is 5.60 Å². The van der Waals surface area contributed by atoms with E-state index >= 15 is 0 Å². The van der Waals surface area contributed by atoms with Gasteiger partial charge in [0.05, 0.1) is 18.3 Å². The van der Waals surface area contributed by atoms with E-state index in [9.17, 15) is 14.4 Å². The molecule has 13 heavy (non-hydrogen) atoms. The van der Waals surface area contributed by atoms with E-state index in [2.05, 4.69) is 4.29 Å². The van der Waals surface area contributed by atoms with Crippen LogP contribution in [0.25, 0.3) is 0 Å². The van der Waals surface area contributed by atoms with Gasteiger partial charge in [0.15, 0.2) is 5.78 Å². The van der Waals surface area contributed by atoms with Gasteiger partial charge in [-0.25, -0.2) is 4.79 Å². The Balaban J connectivity index is 4.98. The van der Waals surface area contributed by atoms with Crippen LogP contribution in [0.1, 0.15) is 13.3 Å². The molecule has 0 saturated heterocycles. The predicted molar refractivity (Wildman–Crippen MR) is 40.2 cm³/mol. The fourth-order valence-electron chi connectivity index (χ4n) is 0.678. The highest BCUT2D eigenvalue weighted by Crippen LogP contribution is 2.20. The number of Topliss-reactive ketones (excluding diaryl/α,β-unsaturated/α-hetero) is 1. The summed E-state index contributed by atoms with van der Waals surface area (Å²) < 4.78 is 3.91. The van der Waals surface area contributed by atoms with Gasteiger partial charge in [0, 0.05) is 0 Å². The van der Waals surface area contributed by atoms with Crippen LogP contribution in [0, 0.1) is 0 Å². The SMILES string of the molecule is CC(=O)C(CC(=O)O)(OCl)C(=O)O. The molecule has 7 heteroatoms.